The van der Waals surface area contributed by atoms with Crippen molar-refractivity contribution >= 4 is 43.2 Å². The molecule has 6 nitrogen and oxygen atoms in total. The SMILES string of the molecule is COc1ccc(NC(=O)c2ccc(C)cc2)cc1S(=O)(=O)Nc1cc(C)ccc1Br. The predicted octanol–water partition coefficient (Wildman–Crippen LogP) is 5.13. The molecule has 0 atom stereocenters. The van der Waals surface area contributed by atoms with Gasteiger partial charge in [0.1, 0.15) is 10.6 Å². The Balaban J connectivity index is 1.92. The quantitative estimate of drug-likeness (QED) is 0.503. The van der Waals surface area contributed by atoms with Gasteiger partial charge in [-0.2, -0.15) is 0 Å². The first kappa shape index (κ1) is 21.9. The van der Waals surface area contributed by atoms with Crippen molar-refractivity contribution in [3.8, 4) is 5.75 Å². The standard InChI is InChI=1S/C22H21BrN2O4S/c1-14-4-7-16(8-5-14)22(26)24-17-9-11-20(29-3)21(13-17)30(27,28)25-19-12-15(2)6-10-18(19)23/h4-13,25H,1-3H3,(H,24,26). The Bertz CT molecular complexity index is 1190. The fourth-order valence-corrected chi connectivity index (χ4v) is 4.53. The van der Waals surface area contributed by atoms with E-state index in [1.807, 2.05) is 32.0 Å². The van der Waals surface area contributed by atoms with Crippen LogP contribution in [0, 0.1) is 13.8 Å². The van der Waals surface area contributed by atoms with Crippen LogP contribution in [0.5, 0.6) is 5.75 Å². The molecule has 0 aliphatic rings. The molecule has 3 rings (SSSR count). The first-order chi connectivity index (χ1) is 14.2. The highest BCUT2D eigenvalue weighted by Crippen LogP contribution is 2.31. The predicted molar refractivity (Wildman–Crippen MR) is 122 cm³/mol. The van der Waals surface area contributed by atoms with Gasteiger partial charge in [-0.3, -0.25) is 9.52 Å². The molecule has 30 heavy (non-hydrogen) atoms. The molecule has 2 N–H and O–H groups in total. The van der Waals surface area contributed by atoms with Gasteiger partial charge in [0.05, 0.1) is 12.8 Å². The number of carbonyl (C=O) groups is 1. The third-order valence-electron chi connectivity index (χ3n) is 4.39. The van der Waals surface area contributed by atoms with Crippen LogP contribution in [0.1, 0.15) is 21.5 Å². The Labute approximate surface area is 184 Å². The van der Waals surface area contributed by atoms with Gasteiger partial charge in [-0.15, -0.1) is 0 Å². The second kappa shape index (κ2) is 8.89. The van der Waals surface area contributed by atoms with Crippen LogP contribution in [0.4, 0.5) is 11.4 Å². The number of hydrogen-bond acceptors (Lipinski definition) is 4. The molecule has 3 aromatic rings. The number of halogens is 1. The lowest BCUT2D eigenvalue weighted by Crippen LogP contribution is -2.16. The molecule has 0 heterocycles. The summed E-state index contributed by atoms with van der Waals surface area (Å²) in [5.41, 5.74) is 3.17. The molecule has 0 spiro atoms. The number of amides is 1. The molecule has 0 fully saturated rings. The summed E-state index contributed by atoms with van der Waals surface area (Å²) in [6, 6.07) is 16.9. The van der Waals surface area contributed by atoms with E-state index in [2.05, 4.69) is 26.0 Å². The minimum absolute atomic E-state index is 0.0832. The zero-order valence-corrected chi connectivity index (χ0v) is 19.1. The van der Waals surface area contributed by atoms with E-state index in [1.54, 1.807) is 30.3 Å². The zero-order valence-electron chi connectivity index (χ0n) is 16.7. The van der Waals surface area contributed by atoms with Crippen molar-refractivity contribution < 1.29 is 17.9 Å². The van der Waals surface area contributed by atoms with Crippen molar-refractivity contribution in [1.82, 2.24) is 0 Å². The summed E-state index contributed by atoms with van der Waals surface area (Å²) in [6.45, 7) is 3.80. The number of carbonyl (C=O) groups excluding carboxylic acids is 1. The maximum atomic E-state index is 13.1. The van der Waals surface area contributed by atoms with Crippen molar-refractivity contribution in [1.29, 1.82) is 0 Å². The molecule has 8 heteroatoms. The highest BCUT2D eigenvalue weighted by Gasteiger charge is 2.22. The maximum Gasteiger partial charge on any atom is 0.265 e. The van der Waals surface area contributed by atoms with E-state index in [-0.39, 0.29) is 16.6 Å². The number of nitrogens with one attached hydrogen (secondary N) is 2. The van der Waals surface area contributed by atoms with Crippen LogP contribution >= 0.6 is 15.9 Å². The molecule has 0 bridgehead atoms. The summed E-state index contributed by atoms with van der Waals surface area (Å²) in [7, 11) is -2.59. The number of anilines is 2. The lowest BCUT2D eigenvalue weighted by molar-refractivity contribution is 0.102. The molecule has 0 aromatic heterocycles. The van der Waals surface area contributed by atoms with Gasteiger partial charge in [0, 0.05) is 15.7 Å². The van der Waals surface area contributed by atoms with Crippen LogP contribution < -0.4 is 14.8 Å². The van der Waals surface area contributed by atoms with Gasteiger partial charge in [0.2, 0.25) is 0 Å². The van der Waals surface area contributed by atoms with Crippen LogP contribution in [0.15, 0.2) is 70.0 Å². The van der Waals surface area contributed by atoms with Gasteiger partial charge < -0.3 is 10.1 Å². The molecule has 3 aromatic carbocycles. The number of ether oxygens (including phenoxy) is 1. The van der Waals surface area contributed by atoms with Crippen LogP contribution in [0.3, 0.4) is 0 Å². The molecule has 0 saturated heterocycles. The van der Waals surface area contributed by atoms with Gasteiger partial charge >= 0.3 is 0 Å². The van der Waals surface area contributed by atoms with Crippen LogP contribution in [0.25, 0.3) is 0 Å². The molecular weight excluding hydrogens is 468 g/mol. The Morgan fingerprint density at radius 1 is 0.933 bits per heavy atom. The van der Waals surface area contributed by atoms with Crippen LogP contribution in [-0.2, 0) is 10.0 Å². The van der Waals surface area contributed by atoms with E-state index in [4.69, 9.17) is 4.74 Å². The van der Waals surface area contributed by atoms with Crippen molar-refractivity contribution in [2.45, 2.75) is 18.7 Å². The first-order valence-corrected chi connectivity index (χ1v) is 11.3. The van der Waals surface area contributed by atoms with E-state index in [0.29, 0.717) is 21.4 Å². The average molecular weight is 489 g/mol. The Hall–Kier alpha value is -2.84. The lowest BCUT2D eigenvalue weighted by Gasteiger charge is -2.15. The normalized spacial score (nSPS) is 11.1. The molecule has 0 radical (unpaired) electrons. The lowest BCUT2D eigenvalue weighted by atomic mass is 10.1. The Kier molecular flexibility index (Phi) is 6.48. The second-order valence-electron chi connectivity index (χ2n) is 6.77. The molecule has 0 saturated carbocycles. The molecular formula is C22H21BrN2O4S. The number of methoxy groups -OCH3 is 1. The van der Waals surface area contributed by atoms with Gasteiger partial charge in [-0.05, 0) is 77.8 Å². The van der Waals surface area contributed by atoms with Crippen molar-refractivity contribution in [2.75, 3.05) is 17.1 Å². The molecule has 0 unspecified atom stereocenters. The summed E-state index contributed by atoms with van der Waals surface area (Å²) in [6.07, 6.45) is 0. The van der Waals surface area contributed by atoms with Crippen molar-refractivity contribution in [3.63, 3.8) is 0 Å². The highest BCUT2D eigenvalue weighted by atomic mass is 79.9. The average Bonchev–Trinajstić information content (AvgIpc) is 2.71. The smallest absolute Gasteiger partial charge is 0.265 e. The summed E-state index contributed by atoms with van der Waals surface area (Å²) < 4.78 is 34.5. The summed E-state index contributed by atoms with van der Waals surface area (Å²) >= 11 is 3.35. The van der Waals surface area contributed by atoms with Gasteiger partial charge in [-0.25, -0.2) is 8.42 Å². The minimum atomic E-state index is -3.98. The minimum Gasteiger partial charge on any atom is -0.495 e. The van der Waals surface area contributed by atoms with Crippen LogP contribution in [0.2, 0.25) is 0 Å². The Morgan fingerprint density at radius 2 is 1.60 bits per heavy atom. The van der Waals surface area contributed by atoms with E-state index in [1.165, 1.54) is 19.2 Å². The van der Waals surface area contributed by atoms with Gasteiger partial charge in [0.25, 0.3) is 15.9 Å². The number of aryl methyl sites for hydroxylation is 2. The number of sulfonamides is 1. The summed E-state index contributed by atoms with van der Waals surface area (Å²) in [4.78, 5) is 12.4. The number of rotatable bonds is 6. The number of benzene rings is 3. The van der Waals surface area contributed by atoms with Crippen molar-refractivity contribution in [3.05, 3.63) is 81.8 Å². The molecule has 156 valence electrons. The highest BCUT2D eigenvalue weighted by molar-refractivity contribution is 9.10. The third-order valence-corrected chi connectivity index (χ3v) is 6.47. The molecule has 0 aliphatic heterocycles. The molecule has 0 aliphatic carbocycles. The van der Waals surface area contributed by atoms with E-state index in [9.17, 15) is 13.2 Å². The maximum absolute atomic E-state index is 13.1. The number of hydrogen-bond donors (Lipinski definition) is 2. The zero-order chi connectivity index (χ0) is 21.9. The van der Waals surface area contributed by atoms with E-state index >= 15 is 0 Å². The van der Waals surface area contributed by atoms with E-state index < -0.39 is 10.0 Å². The van der Waals surface area contributed by atoms with Gasteiger partial charge in [0.15, 0.2) is 0 Å². The monoisotopic (exact) mass is 488 g/mol. The largest absolute Gasteiger partial charge is 0.495 e. The summed E-state index contributed by atoms with van der Waals surface area (Å²) in [5.74, 6) is -0.169. The second-order valence-corrected chi connectivity index (χ2v) is 9.28. The van der Waals surface area contributed by atoms with Gasteiger partial charge in [-0.1, -0.05) is 23.8 Å². The fraction of sp³-hybridized carbons (Fsp3) is 0.136. The summed E-state index contributed by atoms with van der Waals surface area (Å²) in [5, 5.41) is 2.73. The van der Waals surface area contributed by atoms with Crippen molar-refractivity contribution in [2.24, 2.45) is 0 Å². The topological polar surface area (TPSA) is 84.5 Å². The fourth-order valence-electron chi connectivity index (χ4n) is 2.79. The molecule has 1 amide bonds. The first-order valence-electron chi connectivity index (χ1n) is 9.04. The van der Waals surface area contributed by atoms with Crippen LogP contribution in [-0.4, -0.2) is 21.4 Å². The van der Waals surface area contributed by atoms with E-state index in [0.717, 1.165) is 11.1 Å². The third kappa shape index (κ3) is 5.01. The Morgan fingerprint density at radius 3 is 2.27 bits per heavy atom.